The van der Waals surface area contributed by atoms with Crippen molar-refractivity contribution in [2.75, 3.05) is 13.7 Å². The predicted octanol–water partition coefficient (Wildman–Crippen LogP) is 3.94. The van der Waals surface area contributed by atoms with Crippen LogP contribution in [0.2, 0.25) is 0 Å². The fourth-order valence-corrected chi connectivity index (χ4v) is 4.22. The minimum absolute atomic E-state index is 0.233. The van der Waals surface area contributed by atoms with Gasteiger partial charge in [0, 0.05) is 23.3 Å². The SMILES string of the molecule is COc1ncccc1-c1ccc2cnc(CNC(=O)c3ccc4c(c3)[C@](C)(C#N)COC4)cc2n1. The molecule has 0 bridgehead atoms. The van der Waals surface area contributed by atoms with Gasteiger partial charge in [-0.1, -0.05) is 6.07 Å². The van der Waals surface area contributed by atoms with Crippen molar-refractivity contribution in [1.29, 1.82) is 5.26 Å². The Morgan fingerprint density at radius 3 is 2.94 bits per heavy atom. The Kier molecular flexibility index (Phi) is 5.85. The molecule has 35 heavy (non-hydrogen) atoms. The van der Waals surface area contributed by atoms with E-state index in [9.17, 15) is 10.1 Å². The van der Waals surface area contributed by atoms with Crippen LogP contribution in [0, 0.1) is 11.3 Å². The summed E-state index contributed by atoms with van der Waals surface area (Å²) in [6.45, 7) is 2.82. The van der Waals surface area contributed by atoms with Gasteiger partial charge < -0.3 is 14.8 Å². The lowest BCUT2D eigenvalue weighted by atomic mass is 9.79. The average molecular weight is 466 g/mol. The lowest BCUT2D eigenvalue weighted by Crippen LogP contribution is -2.33. The van der Waals surface area contributed by atoms with E-state index in [1.54, 1.807) is 31.6 Å². The van der Waals surface area contributed by atoms with E-state index in [1.165, 1.54) is 0 Å². The quantitative estimate of drug-likeness (QED) is 0.475. The van der Waals surface area contributed by atoms with E-state index in [4.69, 9.17) is 14.5 Å². The van der Waals surface area contributed by atoms with Gasteiger partial charge in [-0.15, -0.1) is 0 Å². The Bertz CT molecular complexity index is 1480. The second kappa shape index (κ2) is 9.12. The zero-order valence-corrected chi connectivity index (χ0v) is 19.4. The Hall–Kier alpha value is -4.35. The first kappa shape index (κ1) is 22.4. The third-order valence-corrected chi connectivity index (χ3v) is 6.16. The third kappa shape index (κ3) is 4.29. The van der Waals surface area contributed by atoms with Gasteiger partial charge in [-0.3, -0.25) is 9.78 Å². The van der Waals surface area contributed by atoms with E-state index in [-0.39, 0.29) is 12.5 Å². The molecule has 1 N–H and O–H groups in total. The van der Waals surface area contributed by atoms with Gasteiger partial charge in [0.1, 0.15) is 5.41 Å². The molecule has 0 radical (unpaired) electrons. The Labute approximate surface area is 202 Å². The number of methoxy groups -OCH3 is 1. The van der Waals surface area contributed by atoms with E-state index >= 15 is 0 Å². The summed E-state index contributed by atoms with van der Waals surface area (Å²) in [7, 11) is 1.58. The fraction of sp³-hybridized carbons (Fsp3) is 0.222. The first-order valence-electron chi connectivity index (χ1n) is 11.2. The number of carbonyl (C=O) groups is 1. The van der Waals surface area contributed by atoms with Crippen LogP contribution in [-0.4, -0.2) is 34.6 Å². The second-order valence-electron chi connectivity index (χ2n) is 8.62. The van der Waals surface area contributed by atoms with Gasteiger partial charge in [0.25, 0.3) is 5.91 Å². The first-order valence-corrected chi connectivity index (χ1v) is 11.2. The highest BCUT2D eigenvalue weighted by Gasteiger charge is 2.33. The summed E-state index contributed by atoms with van der Waals surface area (Å²) in [6, 6.07) is 17.2. The smallest absolute Gasteiger partial charge is 0.251 e. The molecule has 174 valence electrons. The number of ether oxygens (including phenoxy) is 2. The summed E-state index contributed by atoms with van der Waals surface area (Å²) >= 11 is 0. The molecule has 4 heterocycles. The molecule has 1 aliphatic heterocycles. The van der Waals surface area contributed by atoms with Crippen LogP contribution < -0.4 is 10.1 Å². The van der Waals surface area contributed by atoms with Crippen molar-refractivity contribution in [3.05, 3.63) is 83.3 Å². The van der Waals surface area contributed by atoms with Crippen molar-refractivity contribution < 1.29 is 14.3 Å². The summed E-state index contributed by atoms with van der Waals surface area (Å²) in [5.41, 5.74) is 4.47. The molecule has 5 rings (SSSR count). The van der Waals surface area contributed by atoms with Gasteiger partial charge >= 0.3 is 0 Å². The minimum atomic E-state index is -0.774. The Balaban J connectivity index is 1.36. The highest BCUT2D eigenvalue weighted by atomic mass is 16.5. The van der Waals surface area contributed by atoms with Crippen LogP contribution in [0.25, 0.3) is 22.2 Å². The number of benzene rings is 1. The van der Waals surface area contributed by atoms with Crippen molar-refractivity contribution in [3.8, 4) is 23.2 Å². The minimum Gasteiger partial charge on any atom is -0.481 e. The number of hydrogen-bond acceptors (Lipinski definition) is 7. The van der Waals surface area contributed by atoms with E-state index in [1.807, 2.05) is 43.3 Å². The maximum Gasteiger partial charge on any atom is 0.251 e. The van der Waals surface area contributed by atoms with E-state index < -0.39 is 5.41 Å². The van der Waals surface area contributed by atoms with E-state index in [2.05, 4.69) is 21.4 Å². The van der Waals surface area contributed by atoms with Gasteiger partial charge in [-0.2, -0.15) is 5.26 Å². The highest BCUT2D eigenvalue weighted by Crippen LogP contribution is 2.32. The van der Waals surface area contributed by atoms with Crippen LogP contribution in [0.4, 0.5) is 0 Å². The summed E-state index contributed by atoms with van der Waals surface area (Å²) in [5.74, 6) is 0.272. The van der Waals surface area contributed by atoms with Crippen molar-refractivity contribution in [2.24, 2.45) is 0 Å². The van der Waals surface area contributed by atoms with Gasteiger partial charge in [0.05, 0.1) is 55.4 Å². The largest absolute Gasteiger partial charge is 0.481 e. The summed E-state index contributed by atoms with van der Waals surface area (Å²) in [5, 5.41) is 13.4. The van der Waals surface area contributed by atoms with Crippen LogP contribution in [-0.2, 0) is 23.3 Å². The van der Waals surface area contributed by atoms with Crippen LogP contribution in [0.15, 0.2) is 60.9 Å². The third-order valence-electron chi connectivity index (χ3n) is 6.16. The number of fused-ring (bicyclic) bond motifs is 2. The van der Waals surface area contributed by atoms with Crippen molar-refractivity contribution in [2.45, 2.75) is 25.5 Å². The maximum absolute atomic E-state index is 12.9. The molecule has 0 saturated heterocycles. The van der Waals surface area contributed by atoms with Crippen molar-refractivity contribution >= 4 is 16.8 Å². The number of amides is 1. The number of nitrogens with one attached hydrogen (secondary N) is 1. The molecule has 0 fully saturated rings. The Morgan fingerprint density at radius 2 is 2.11 bits per heavy atom. The molecule has 1 aliphatic rings. The first-order chi connectivity index (χ1) is 17.0. The lowest BCUT2D eigenvalue weighted by Gasteiger charge is -2.30. The molecule has 0 aliphatic carbocycles. The van der Waals surface area contributed by atoms with E-state index in [0.29, 0.717) is 30.4 Å². The van der Waals surface area contributed by atoms with Crippen LogP contribution in [0.1, 0.15) is 34.1 Å². The fourth-order valence-electron chi connectivity index (χ4n) is 4.22. The summed E-state index contributed by atoms with van der Waals surface area (Å²) < 4.78 is 10.9. The molecule has 1 aromatic carbocycles. The summed E-state index contributed by atoms with van der Waals surface area (Å²) in [4.78, 5) is 26.4. The molecule has 0 unspecified atom stereocenters. The Morgan fingerprint density at radius 1 is 1.23 bits per heavy atom. The topological polar surface area (TPSA) is 110 Å². The number of carbonyl (C=O) groups excluding carboxylic acids is 1. The normalized spacial score (nSPS) is 16.8. The molecule has 1 atom stereocenters. The zero-order valence-electron chi connectivity index (χ0n) is 19.4. The monoisotopic (exact) mass is 465 g/mol. The number of nitrogens with zero attached hydrogens (tertiary/aromatic N) is 4. The number of hydrogen-bond donors (Lipinski definition) is 1. The number of rotatable bonds is 5. The standard InChI is InChI=1S/C27H23N5O3/c1-27(15-28)16-35-14-19-6-5-17(10-22(19)27)25(33)31-13-20-11-24-18(12-30-20)7-8-23(32-24)21-4-3-9-29-26(21)34-2/h3-12H,13-14,16H2,1-2H3,(H,31,33)/t27-/m1/s1. The van der Waals surface area contributed by atoms with Crippen molar-refractivity contribution in [1.82, 2.24) is 20.3 Å². The lowest BCUT2D eigenvalue weighted by molar-refractivity contribution is 0.0757. The maximum atomic E-state index is 12.9. The molecular weight excluding hydrogens is 442 g/mol. The number of pyridine rings is 3. The zero-order chi connectivity index (χ0) is 24.4. The van der Waals surface area contributed by atoms with Gasteiger partial charge in [0.2, 0.25) is 5.88 Å². The molecular formula is C27H23N5O3. The predicted molar refractivity (Wildman–Crippen MR) is 130 cm³/mol. The molecule has 1 amide bonds. The van der Waals surface area contributed by atoms with Gasteiger partial charge in [-0.05, 0) is 60.5 Å². The van der Waals surface area contributed by atoms with Gasteiger partial charge in [-0.25, -0.2) is 9.97 Å². The van der Waals surface area contributed by atoms with Crippen LogP contribution in [0.3, 0.4) is 0 Å². The number of aromatic nitrogens is 3. The summed E-state index contributed by atoms with van der Waals surface area (Å²) in [6.07, 6.45) is 3.41. The van der Waals surface area contributed by atoms with Crippen LogP contribution >= 0.6 is 0 Å². The number of nitriles is 1. The highest BCUT2D eigenvalue weighted by molar-refractivity contribution is 5.94. The second-order valence-corrected chi connectivity index (χ2v) is 8.62. The average Bonchev–Trinajstić information content (AvgIpc) is 2.91. The molecule has 3 aromatic heterocycles. The molecule has 8 heteroatoms. The van der Waals surface area contributed by atoms with Gasteiger partial charge in [0.15, 0.2) is 0 Å². The molecule has 8 nitrogen and oxygen atoms in total. The molecule has 4 aromatic rings. The van der Waals surface area contributed by atoms with Crippen molar-refractivity contribution in [3.63, 3.8) is 0 Å². The molecule has 0 saturated carbocycles. The molecule has 0 spiro atoms. The van der Waals surface area contributed by atoms with E-state index in [0.717, 1.165) is 33.3 Å². The van der Waals surface area contributed by atoms with Crippen LogP contribution in [0.5, 0.6) is 5.88 Å².